The summed E-state index contributed by atoms with van der Waals surface area (Å²) in [6.07, 6.45) is 1.59. The zero-order valence-electron chi connectivity index (χ0n) is 12.3. The van der Waals surface area contributed by atoms with Crippen LogP contribution in [0.3, 0.4) is 0 Å². The molecule has 0 aromatic heterocycles. The number of carboxylic acid groups (broad SMARTS) is 1. The SMILES string of the molecule is [2H]C([2H])([2H])C([2H])([2H])CCCCCCCC(=O)O. The summed E-state index contributed by atoms with van der Waals surface area (Å²) in [6, 6.07) is 0. The Labute approximate surface area is 82.0 Å². The van der Waals surface area contributed by atoms with E-state index in [2.05, 4.69) is 0 Å². The smallest absolute Gasteiger partial charge is 0.303 e. The Morgan fingerprint density at radius 2 is 1.83 bits per heavy atom. The molecular weight excluding hydrogens is 152 g/mol. The van der Waals surface area contributed by atoms with E-state index in [-0.39, 0.29) is 12.8 Å². The summed E-state index contributed by atoms with van der Waals surface area (Å²) in [7, 11) is 0. The lowest BCUT2D eigenvalue weighted by Crippen LogP contribution is -1.93. The number of hydrogen-bond donors (Lipinski definition) is 1. The van der Waals surface area contributed by atoms with Gasteiger partial charge in [0.2, 0.25) is 0 Å². The summed E-state index contributed by atoms with van der Waals surface area (Å²) in [5.74, 6) is -0.802. The number of carboxylic acids is 1. The zero-order chi connectivity index (χ0) is 13.5. The molecule has 72 valence electrons. The standard InChI is InChI=1S/C10H20O2/c1-2-3-4-5-6-7-8-9-10(11)12/h2-9H2,1H3,(H,11,12)/i1D3,2D2. The highest BCUT2D eigenvalue weighted by atomic mass is 16.4. The molecule has 0 spiro atoms. The van der Waals surface area contributed by atoms with Crippen molar-refractivity contribution < 1.29 is 16.8 Å². The number of hydrogen-bond acceptors (Lipinski definition) is 1. The Bertz CT molecular complexity index is 237. The van der Waals surface area contributed by atoms with E-state index in [1.165, 1.54) is 0 Å². The lowest BCUT2D eigenvalue weighted by atomic mass is 10.1. The molecule has 0 unspecified atom stereocenters. The fraction of sp³-hybridized carbons (Fsp3) is 0.900. The third-order valence-corrected chi connectivity index (χ3v) is 1.69. The quantitative estimate of drug-likeness (QED) is 0.578. The van der Waals surface area contributed by atoms with Gasteiger partial charge in [0.25, 0.3) is 0 Å². The molecule has 0 aromatic rings. The van der Waals surface area contributed by atoms with Crippen LogP contribution >= 0.6 is 0 Å². The fourth-order valence-electron chi connectivity index (χ4n) is 1.02. The van der Waals surface area contributed by atoms with Crippen LogP contribution in [0.15, 0.2) is 0 Å². The number of aliphatic carboxylic acids is 1. The minimum absolute atomic E-state index is 0.0302. The molecular formula is C10H20O2. The maximum Gasteiger partial charge on any atom is 0.303 e. The van der Waals surface area contributed by atoms with Crippen LogP contribution in [0.1, 0.15) is 65.0 Å². The van der Waals surface area contributed by atoms with Gasteiger partial charge in [-0.1, -0.05) is 45.3 Å². The minimum atomic E-state index is -2.56. The van der Waals surface area contributed by atoms with Crippen molar-refractivity contribution in [1.82, 2.24) is 0 Å². The predicted octanol–water partition coefficient (Wildman–Crippen LogP) is 3.21. The second-order valence-electron chi connectivity index (χ2n) is 2.84. The normalized spacial score (nSPS) is 18.5. The van der Waals surface area contributed by atoms with E-state index >= 15 is 0 Å². The van der Waals surface area contributed by atoms with Gasteiger partial charge in [-0.15, -0.1) is 0 Å². The minimum Gasteiger partial charge on any atom is -0.481 e. The molecule has 0 aromatic carbocycles. The van der Waals surface area contributed by atoms with E-state index in [4.69, 9.17) is 12.0 Å². The molecule has 0 bridgehead atoms. The van der Waals surface area contributed by atoms with Gasteiger partial charge in [0.1, 0.15) is 0 Å². The van der Waals surface area contributed by atoms with Gasteiger partial charge in [0.05, 0.1) is 0 Å². The maximum atomic E-state index is 10.2. The van der Waals surface area contributed by atoms with Gasteiger partial charge in [-0.2, -0.15) is 0 Å². The van der Waals surface area contributed by atoms with Crippen LogP contribution in [0.25, 0.3) is 0 Å². The molecule has 0 aliphatic heterocycles. The Hall–Kier alpha value is -0.530. The summed E-state index contributed by atoms with van der Waals surface area (Å²) >= 11 is 0. The molecule has 0 fully saturated rings. The Morgan fingerprint density at radius 3 is 2.42 bits per heavy atom. The van der Waals surface area contributed by atoms with Gasteiger partial charge in [-0.3, -0.25) is 4.79 Å². The van der Waals surface area contributed by atoms with Crippen molar-refractivity contribution in [3.05, 3.63) is 0 Å². The van der Waals surface area contributed by atoms with E-state index in [9.17, 15) is 4.79 Å². The van der Waals surface area contributed by atoms with E-state index in [1.54, 1.807) is 0 Å². The lowest BCUT2D eigenvalue weighted by molar-refractivity contribution is -0.137. The van der Waals surface area contributed by atoms with Crippen molar-refractivity contribution in [2.24, 2.45) is 0 Å². The number of rotatable bonds is 8. The summed E-state index contributed by atoms with van der Waals surface area (Å²) in [5, 5.41) is 8.40. The molecule has 0 saturated heterocycles. The first-order chi connectivity index (χ1) is 7.67. The largest absolute Gasteiger partial charge is 0.481 e. The molecule has 0 radical (unpaired) electrons. The van der Waals surface area contributed by atoms with Gasteiger partial charge >= 0.3 is 5.97 Å². The van der Waals surface area contributed by atoms with Gasteiger partial charge in [-0.05, 0) is 6.42 Å². The molecule has 0 rings (SSSR count). The molecule has 0 aliphatic rings. The van der Waals surface area contributed by atoms with Crippen LogP contribution in [-0.4, -0.2) is 11.1 Å². The molecule has 12 heavy (non-hydrogen) atoms. The first kappa shape index (κ1) is 5.25. The van der Waals surface area contributed by atoms with Crippen molar-refractivity contribution in [1.29, 1.82) is 0 Å². The average Bonchev–Trinajstić information content (AvgIpc) is 2.13. The highest BCUT2D eigenvalue weighted by Gasteiger charge is 1.95. The van der Waals surface area contributed by atoms with Crippen molar-refractivity contribution >= 4 is 5.97 Å². The zero-order valence-corrected chi connectivity index (χ0v) is 7.31. The monoisotopic (exact) mass is 177 g/mol. The fourth-order valence-corrected chi connectivity index (χ4v) is 1.02. The predicted molar refractivity (Wildman–Crippen MR) is 50.2 cm³/mol. The summed E-state index contributed by atoms with van der Waals surface area (Å²) < 4.78 is 35.8. The molecule has 0 saturated carbocycles. The van der Waals surface area contributed by atoms with Crippen molar-refractivity contribution in [3.63, 3.8) is 0 Å². The van der Waals surface area contributed by atoms with Crippen LogP contribution in [0.5, 0.6) is 0 Å². The molecule has 0 atom stereocenters. The second kappa shape index (κ2) is 8.57. The summed E-state index contributed by atoms with van der Waals surface area (Å²) in [4.78, 5) is 10.2. The van der Waals surface area contributed by atoms with Gasteiger partial charge in [-0.25, -0.2) is 0 Å². The molecule has 1 N–H and O–H groups in total. The van der Waals surface area contributed by atoms with E-state index in [1.807, 2.05) is 0 Å². The van der Waals surface area contributed by atoms with Crippen LogP contribution < -0.4 is 0 Å². The van der Waals surface area contributed by atoms with E-state index in [0.717, 1.165) is 19.3 Å². The van der Waals surface area contributed by atoms with Crippen molar-refractivity contribution in [3.8, 4) is 0 Å². The highest BCUT2D eigenvalue weighted by Crippen LogP contribution is 2.07. The molecule has 0 aliphatic carbocycles. The Kier molecular flexibility index (Phi) is 3.75. The molecule has 0 amide bonds. The van der Waals surface area contributed by atoms with Gasteiger partial charge < -0.3 is 5.11 Å². The second-order valence-corrected chi connectivity index (χ2v) is 2.84. The summed E-state index contributed by atoms with van der Waals surface area (Å²) in [6.45, 7) is -2.56. The van der Waals surface area contributed by atoms with Crippen molar-refractivity contribution in [2.75, 3.05) is 0 Å². The van der Waals surface area contributed by atoms with Crippen LogP contribution in [0, 0.1) is 0 Å². The highest BCUT2D eigenvalue weighted by molar-refractivity contribution is 5.66. The van der Waals surface area contributed by atoms with Crippen LogP contribution in [-0.2, 0) is 4.79 Å². The first-order valence-electron chi connectivity index (χ1n) is 6.88. The number of carbonyl (C=O) groups is 1. The maximum absolute atomic E-state index is 10.2. The van der Waals surface area contributed by atoms with E-state index in [0.29, 0.717) is 12.8 Å². The third-order valence-electron chi connectivity index (χ3n) is 1.69. The lowest BCUT2D eigenvalue weighted by Gasteiger charge is -1.98. The molecule has 2 heteroatoms. The van der Waals surface area contributed by atoms with Crippen LogP contribution in [0.4, 0.5) is 0 Å². The Morgan fingerprint density at radius 1 is 1.25 bits per heavy atom. The van der Waals surface area contributed by atoms with Gasteiger partial charge in [0.15, 0.2) is 0 Å². The topological polar surface area (TPSA) is 37.3 Å². The van der Waals surface area contributed by atoms with Gasteiger partial charge in [0, 0.05) is 13.3 Å². The first-order valence-corrected chi connectivity index (χ1v) is 4.38. The van der Waals surface area contributed by atoms with E-state index < -0.39 is 19.2 Å². The summed E-state index contributed by atoms with van der Waals surface area (Å²) in [5.41, 5.74) is 0. The Balaban J connectivity index is 3.55. The van der Waals surface area contributed by atoms with Crippen LogP contribution in [0.2, 0.25) is 0 Å². The average molecular weight is 177 g/mol. The number of unbranched alkanes of at least 4 members (excludes halogenated alkanes) is 4. The van der Waals surface area contributed by atoms with Crippen molar-refractivity contribution in [2.45, 2.75) is 58.2 Å². The third kappa shape index (κ3) is 9.47. The molecule has 2 nitrogen and oxygen atoms in total. The molecule has 0 heterocycles.